The molecular formula is C25H33ClN2O3. The Hall–Kier alpha value is -1.59. The van der Waals surface area contributed by atoms with Gasteiger partial charge in [-0.25, -0.2) is 4.79 Å². The van der Waals surface area contributed by atoms with E-state index in [0.29, 0.717) is 31.2 Å². The van der Waals surface area contributed by atoms with E-state index >= 15 is 0 Å². The summed E-state index contributed by atoms with van der Waals surface area (Å²) in [4.78, 5) is 29.8. The van der Waals surface area contributed by atoms with Crippen molar-refractivity contribution >= 4 is 23.5 Å². The zero-order chi connectivity index (χ0) is 21.6. The molecule has 3 heterocycles. The third kappa shape index (κ3) is 3.78. The zero-order valence-electron chi connectivity index (χ0n) is 18.4. The lowest BCUT2D eigenvalue weighted by Gasteiger charge is -2.44. The van der Waals surface area contributed by atoms with Crippen LogP contribution < -0.4 is 0 Å². The Morgan fingerprint density at radius 2 is 1.68 bits per heavy atom. The van der Waals surface area contributed by atoms with Gasteiger partial charge in [0.1, 0.15) is 0 Å². The molecule has 0 N–H and O–H groups in total. The largest absolute Gasteiger partial charge is 0.450 e. The molecule has 0 radical (unpaired) electrons. The van der Waals surface area contributed by atoms with Gasteiger partial charge in [-0.1, -0.05) is 11.6 Å². The van der Waals surface area contributed by atoms with Crippen molar-refractivity contribution in [3.8, 4) is 0 Å². The van der Waals surface area contributed by atoms with Crippen LogP contribution in [0.2, 0.25) is 5.02 Å². The van der Waals surface area contributed by atoms with Crippen molar-refractivity contribution < 1.29 is 14.3 Å². The molecule has 1 aliphatic carbocycles. The van der Waals surface area contributed by atoms with Crippen LogP contribution in [0.4, 0.5) is 4.79 Å². The number of rotatable bonds is 2. The smallest absolute Gasteiger partial charge is 0.410 e. The maximum atomic E-state index is 12.6. The van der Waals surface area contributed by atoms with Crippen LogP contribution in [0.5, 0.6) is 0 Å². The van der Waals surface area contributed by atoms with Crippen LogP contribution in [-0.4, -0.2) is 59.5 Å². The van der Waals surface area contributed by atoms with Crippen molar-refractivity contribution in [3.05, 3.63) is 34.3 Å². The van der Waals surface area contributed by atoms with Crippen molar-refractivity contribution in [1.82, 2.24) is 9.80 Å². The van der Waals surface area contributed by atoms with E-state index in [2.05, 4.69) is 9.80 Å². The fraction of sp³-hybridized carbons (Fsp3) is 0.680. The summed E-state index contributed by atoms with van der Waals surface area (Å²) in [5, 5.41) is 0.733. The number of hydrogen-bond donors (Lipinski definition) is 0. The average Bonchev–Trinajstić information content (AvgIpc) is 3.29. The summed E-state index contributed by atoms with van der Waals surface area (Å²) in [5.74, 6) is 0.279. The highest BCUT2D eigenvalue weighted by molar-refractivity contribution is 6.30. The monoisotopic (exact) mass is 444 g/mol. The number of amides is 1. The van der Waals surface area contributed by atoms with Crippen molar-refractivity contribution in [2.45, 2.75) is 88.3 Å². The van der Waals surface area contributed by atoms with E-state index in [-0.39, 0.29) is 17.3 Å². The highest BCUT2D eigenvalue weighted by atomic mass is 35.5. The van der Waals surface area contributed by atoms with Crippen LogP contribution in [0.15, 0.2) is 18.2 Å². The Morgan fingerprint density at radius 3 is 2.29 bits per heavy atom. The maximum Gasteiger partial charge on any atom is 0.410 e. The lowest BCUT2D eigenvalue weighted by atomic mass is 9.73. The first-order valence-corrected chi connectivity index (χ1v) is 12.4. The summed E-state index contributed by atoms with van der Waals surface area (Å²) in [5.41, 5.74) is 2.06. The number of ketones is 1. The molecule has 1 aromatic carbocycles. The predicted molar refractivity (Wildman–Crippen MR) is 121 cm³/mol. The minimum atomic E-state index is -0.114. The summed E-state index contributed by atoms with van der Waals surface area (Å²) >= 11 is 6.29. The molecule has 2 unspecified atom stereocenters. The van der Waals surface area contributed by atoms with E-state index < -0.39 is 0 Å². The molecule has 6 heteroatoms. The average molecular weight is 445 g/mol. The van der Waals surface area contributed by atoms with Gasteiger partial charge in [0.05, 0.1) is 6.61 Å². The van der Waals surface area contributed by atoms with E-state index in [9.17, 15) is 9.59 Å². The Bertz CT molecular complexity index is 848. The van der Waals surface area contributed by atoms with Gasteiger partial charge in [-0.3, -0.25) is 4.79 Å². The first-order chi connectivity index (χ1) is 15.0. The summed E-state index contributed by atoms with van der Waals surface area (Å²) in [6.45, 7) is 4.42. The molecule has 2 bridgehead atoms. The Labute approximate surface area is 190 Å². The van der Waals surface area contributed by atoms with Crippen LogP contribution in [0.25, 0.3) is 0 Å². The maximum absolute atomic E-state index is 12.6. The number of hydrogen-bond acceptors (Lipinski definition) is 4. The van der Waals surface area contributed by atoms with E-state index in [1.165, 1.54) is 5.56 Å². The number of carbonyl (C=O) groups excluding carboxylic acids is 2. The van der Waals surface area contributed by atoms with Gasteiger partial charge in [-0.05, 0) is 95.1 Å². The number of nitrogens with zero attached hydrogens (tertiary/aromatic N) is 2. The van der Waals surface area contributed by atoms with Crippen molar-refractivity contribution in [2.24, 2.45) is 0 Å². The molecule has 4 aliphatic rings. The van der Waals surface area contributed by atoms with Gasteiger partial charge in [0, 0.05) is 40.5 Å². The number of likely N-dealkylation sites (tertiary alicyclic amines) is 1. The van der Waals surface area contributed by atoms with E-state index in [1.54, 1.807) is 0 Å². The van der Waals surface area contributed by atoms with Gasteiger partial charge >= 0.3 is 6.09 Å². The normalized spacial score (nSPS) is 30.2. The van der Waals surface area contributed by atoms with Crippen LogP contribution in [0.3, 0.4) is 0 Å². The second-order valence-corrected chi connectivity index (χ2v) is 10.3. The van der Waals surface area contributed by atoms with Crippen LogP contribution >= 0.6 is 11.6 Å². The van der Waals surface area contributed by atoms with Gasteiger partial charge in [0.15, 0.2) is 5.78 Å². The molecule has 2 atom stereocenters. The van der Waals surface area contributed by atoms with E-state index in [0.717, 1.165) is 75.0 Å². The summed E-state index contributed by atoms with van der Waals surface area (Å²) in [6, 6.07) is 7.06. The number of fused-ring (bicyclic) bond motifs is 4. The van der Waals surface area contributed by atoms with Crippen molar-refractivity contribution in [2.75, 3.05) is 19.7 Å². The Kier molecular flexibility index (Phi) is 5.76. The van der Waals surface area contributed by atoms with Crippen LogP contribution in [0.1, 0.15) is 80.6 Å². The van der Waals surface area contributed by atoms with Gasteiger partial charge in [-0.2, -0.15) is 0 Å². The molecule has 0 saturated carbocycles. The number of Topliss-reactive ketones (excluding diaryl/α,β-unsaturated/α-hetero) is 1. The lowest BCUT2D eigenvalue weighted by Crippen LogP contribution is -2.49. The van der Waals surface area contributed by atoms with Gasteiger partial charge in [0.25, 0.3) is 0 Å². The SMILES string of the molecule is CCOC(=O)N1C2CCC(N3CCC4(CC3)CC(=O)c3ccc(Cl)cc34)CCC1CC2. The van der Waals surface area contributed by atoms with E-state index in [4.69, 9.17) is 16.3 Å². The third-order valence-electron chi connectivity index (χ3n) is 8.39. The third-order valence-corrected chi connectivity index (χ3v) is 8.62. The molecule has 3 aliphatic heterocycles. The number of halogens is 1. The summed E-state index contributed by atoms with van der Waals surface area (Å²) in [7, 11) is 0. The molecule has 1 amide bonds. The zero-order valence-corrected chi connectivity index (χ0v) is 19.2. The second kappa shape index (κ2) is 8.40. The quantitative estimate of drug-likeness (QED) is 0.629. The first kappa shape index (κ1) is 21.3. The van der Waals surface area contributed by atoms with Crippen molar-refractivity contribution in [1.29, 1.82) is 0 Å². The molecule has 3 fully saturated rings. The lowest BCUT2D eigenvalue weighted by molar-refractivity contribution is 0.0575. The number of benzene rings is 1. The fourth-order valence-corrected chi connectivity index (χ4v) is 6.93. The highest BCUT2D eigenvalue weighted by Crippen LogP contribution is 2.47. The number of ether oxygens (including phenoxy) is 1. The fourth-order valence-electron chi connectivity index (χ4n) is 6.76. The van der Waals surface area contributed by atoms with Gasteiger partial charge in [0.2, 0.25) is 0 Å². The summed E-state index contributed by atoms with van der Waals surface area (Å²) in [6.07, 6.45) is 9.23. The topological polar surface area (TPSA) is 49.9 Å². The molecule has 5 nitrogen and oxygen atoms in total. The Balaban J connectivity index is 1.24. The molecular weight excluding hydrogens is 412 g/mol. The number of piperidine rings is 1. The first-order valence-electron chi connectivity index (χ1n) is 12.0. The van der Waals surface area contributed by atoms with Crippen molar-refractivity contribution in [3.63, 3.8) is 0 Å². The summed E-state index contributed by atoms with van der Waals surface area (Å²) < 4.78 is 5.34. The Morgan fingerprint density at radius 1 is 1.06 bits per heavy atom. The standard InChI is InChI=1S/C25H33ClN2O3/c1-2-31-24(30)28-19-6-4-18(5-7-20(28)9-8-19)27-13-11-25(12-14-27)16-23(29)21-10-3-17(26)15-22(21)25/h3,10,15,18-20H,2,4-9,11-14,16H2,1H3. The molecule has 0 aromatic heterocycles. The van der Waals surface area contributed by atoms with Gasteiger partial charge < -0.3 is 14.5 Å². The minimum Gasteiger partial charge on any atom is -0.450 e. The molecule has 31 heavy (non-hydrogen) atoms. The molecule has 5 rings (SSSR count). The molecule has 1 aromatic rings. The van der Waals surface area contributed by atoms with Gasteiger partial charge in [-0.15, -0.1) is 0 Å². The second-order valence-electron chi connectivity index (χ2n) is 9.91. The highest BCUT2D eigenvalue weighted by Gasteiger charge is 2.46. The molecule has 168 valence electrons. The molecule has 1 spiro atoms. The minimum absolute atomic E-state index is 0.0187. The van der Waals surface area contributed by atoms with E-state index in [1.807, 2.05) is 25.1 Å². The predicted octanol–water partition coefficient (Wildman–Crippen LogP) is 5.19. The van der Waals surface area contributed by atoms with Crippen LogP contribution in [-0.2, 0) is 10.2 Å². The number of carbonyl (C=O) groups is 2. The van der Waals surface area contributed by atoms with Crippen LogP contribution in [0, 0.1) is 0 Å². The molecule has 3 saturated heterocycles.